The molecular formula is C26H44O5. The zero-order chi connectivity index (χ0) is 22.6. The highest BCUT2D eigenvalue weighted by molar-refractivity contribution is 5.69. The third-order valence-corrected chi connectivity index (χ3v) is 10.6. The average molecular weight is 437 g/mol. The van der Waals surface area contributed by atoms with Gasteiger partial charge < -0.3 is 20.1 Å². The number of carbonyl (C=O) groups excluding carboxylic acids is 1. The molecule has 0 aliphatic heterocycles. The second kappa shape index (κ2) is 8.61. The lowest BCUT2D eigenvalue weighted by molar-refractivity contribution is -0.207. The van der Waals surface area contributed by atoms with Crippen molar-refractivity contribution in [1.29, 1.82) is 0 Å². The summed E-state index contributed by atoms with van der Waals surface area (Å²) in [6, 6.07) is 0. The Balaban J connectivity index is 1.54. The van der Waals surface area contributed by atoms with E-state index in [0.29, 0.717) is 42.6 Å². The van der Waals surface area contributed by atoms with Gasteiger partial charge in [0.25, 0.3) is 0 Å². The van der Waals surface area contributed by atoms with E-state index in [9.17, 15) is 20.1 Å². The molecule has 178 valence electrons. The van der Waals surface area contributed by atoms with Gasteiger partial charge in [0.05, 0.1) is 24.9 Å². The monoisotopic (exact) mass is 436 g/mol. The van der Waals surface area contributed by atoms with Crippen molar-refractivity contribution in [3.8, 4) is 0 Å². The van der Waals surface area contributed by atoms with Crippen LogP contribution in [0.1, 0.15) is 85.5 Å². The first-order valence-electron chi connectivity index (χ1n) is 12.8. The van der Waals surface area contributed by atoms with Gasteiger partial charge >= 0.3 is 5.97 Å². The molecule has 0 unspecified atom stereocenters. The predicted octanol–water partition coefficient (Wildman–Crippen LogP) is 3.93. The largest absolute Gasteiger partial charge is 0.466 e. The van der Waals surface area contributed by atoms with Crippen LogP contribution in [0.5, 0.6) is 0 Å². The van der Waals surface area contributed by atoms with Crippen molar-refractivity contribution in [1.82, 2.24) is 0 Å². The summed E-state index contributed by atoms with van der Waals surface area (Å²) in [5, 5.41) is 33.1. The molecule has 4 aliphatic carbocycles. The van der Waals surface area contributed by atoms with Crippen LogP contribution in [0.4, 0.5) is 0 Å². The Morgan fingerprint density at radius 3 is 2.52 bits per heavy atom. The standard InChI is InChI=1S/C26H44O5/c1-5-31-23(30)9-6-15(2)18-7-8-19-24-20(14-22(29)26(18,19)4)25(3)11-10-17(27)12-16(25)13-21(24)28/h15-22,24,27-29H,5-14H2,1-4H3/t15-,16-,17+,18+,19-,20-,21+,22-,24-,25-,26+/m0/s1. The zero-order valence-corrected chi connectivity index (χ0v) is 19.9. The number of carbonyl (C=O) groups is 1. The average Bonchev–Trinajstić information content (AvgIpc) is 3.07. The number of hydrogen-bond acceptors (Lipinski definition) is 5. The highest BCUT2D eigenvalue weighted by Gasteiger charge is 2.65. The van der Waals surface area contributed by atoms with Crippen LogP contribution in [0.15, 0.2) is 0 Å². The van der Waals surface area contributed by atoms with Crippen molar-refractivity contribution in [2.45, 2.75) is 104 Å². The maximum atomic E-state index is 11.9. The van der Waals surface area contributed by atoms with Crippen LogP contribution in [0.3, 0.4) is 0 Å². The number of ether oxygens (including phenoxy) is 1. The smallest absolute Gasteiger partial charge is 0.305 e. The van der Waals surface area contributed by atoms with Crippen molar-refractivity contribution < 1.29 is 24.9 Å². The Labute approximate surface area is 187 Å². The van der Waals surface area contributed by atoms with E-state index in [0.717, 1.165) is 51.4 Å². The third kappa shape index (κ3) is 3.77. The van der Waals surface area contributed by atoms with Crippen molar-refractivity contribution in [3.05, 3.63) is 0 Å². The molecule has 5 nitrogen and oxygen atoms in total. The molecule has 0 spiro atoms. The fourth-order valence-electron chi connectivity index (χ4n) is 8.91. The first-order valence-corrected chi connectivity index (χ1v) is 12.8. The Kier molecular flexibility index (Phi) is 6.53. The van der Waals surface area contributed by atoms with E-state index in [1.165, 1.54) is 0 Å². The molecule has 0 bridgehead atoms. The van der Waals surface area contributed by atoms with E-state index in [1.807, 2.05) is 6.92 Å². The van der Waals surface area contributed by atoms with Crippen molar-refractivity contribution in [2.75, 3.05) is 6.61 Å². The van der Waals surface area contributed by atoms with Crippen molar-refractivity contribution >= 4 is 5.97 Å². The topological polar surface area (TPSA) is 87.0 Å². The Bertz CT molecular complexity index is 666. The predicted molar refractivity (Wildman–Crippen MR) is 119 cm³/mol. The summed E-state index contributed by atoms with van der Waals surface area (Å²) in [5.41, 5.74) is -0.0906. The fraction of sp³-hybridized carbons (Fsp3) is 0.962. The van der Waals surface area contributed by atoms with Crippen molar-refractivity contribution in [3.63, 3.8) is 0 Å². The third-order valence-electron chi connectivity index (χ3n) is 10.6. The molecule has 4 rings (SSSR count). The fourth-order valence-corrected chi connectivity index (χ4v) is 8.91. The number of hydrogen-bond donors (Lipinski definition) is 3. The van der Waals surface area contributed by atoms with Gasteiger partial charge in [0.1, 0.15) is 0 Å². The van der Waals surface area contributed by atoms with Crippen molar-refractivity contribution in [2.24, 2.45) is 46.3 Å². The van der Waals surface area contributed by atoms with Crippen LogP contribution in [0.25, 0.3) is 0 Å². The van der Waals surface area contributed by atoms with E-state index >= 15 is 0 Å². The van der Waals surface area contributed by atoms with Gasteiger partial charge in [0.15, 0.2) is 0 Å². The molecule has 4 saturated carbocycles. The van der Waals surface area contributed by atoms with E-state index in [-0.39, 0.29) is 41.0 Å². The van der Waals surface area contributed by atoms with Crippen LogP contribution in [-0.2, 0) is 9.53 Å². The molecule has 3 N–H and O–H groups in total. The number of aliphatic hydroxyl groups excluding tert-OH is 3. The highest BCUT2D eigenvalue weighted by Crippen LogP contribution is 2.68. The van der Waals surface area contributed by atoms with Crippen LogP contribution in [0.2, 0.25) is 0 Å². The van der Waals surface area contributed by atoms with Gasteiger partial charge in [-0.25, -0.2) is 0 Å². The van der Waals surface area contributed by atoms with Gasteiger partial charge in [-0.15, -0.1) is 0 Å². The maximum Gasteiger partial charge on any atom is 0.305 e. The van der Waals surface area contributed by atoms with E-state index in [1.54, 1.807) is 0 Å². The molecule has 0 radical (unpaired) electrons. The van der Waals surface area contributed by atoms with Crippen LogP contribution >= 0.6 is 0 Å². The van der Waals surface area contributed by atoms with Gasteiger partial charge in [-0.1, -0.05) is 20.8 Å². The lowest BCUT2D eigenvalue weighted by atomic mass is 9.43. The maximum absolute atomic E-state index is 11.9. The quantitative estimate of drug-likeness (QED) is 0.569. The number of rotatable bonds is 5. The normalized spacial score (nSPS) is 50.2. The molecule has 4 fully saturated rings. The summed E-state index contributed by atoms with van der Waals surface area (Å²) in [5.74, 6) is 1.84. The molecule has 0 heterocycles. The van der Waals surface area contributed by atoms with Gasteiger partial charge in [0.2, 0.25) is 0 Å². The van der Waals surface area contributed by atoms with Gasteiger partial charge in [0, 0.05) is 6.42 Å². The molecule has 0 amide bonds. The van der Waals surface area contributed by atoms with Crippen LogP contribution < -0.4 is 0 Å². The minimum Gasteiger partial charge on any atom is -0.466 e. The molecular weight excluding hydrogens is 392 g/mol. The van der Waals surface area contributed by atoms with Crippen LogP contribution in [0, 0.1) is 46.3 Å². The summed E-state index contributed by atoms with van der Waals surface area (Å²) in [7, 11) is 0. The van der Waals surface area contributed by atoms with Gasteiger partial charge in [-0.2, -0.15) is 0 Å². The molecule has 11 atom stereocenters. The lowest BCUT2D eigenvalue weighted by Crippen LogP contribution is -2.62. The molecule has 0 aromatic carbocycles. The first-order chi connectivity index (χ1) is 14.6. The minimum atomic E-state index is -0.370. The zero-order valence-electron chi connectivity index (χ0n) is 19.9. The molecule has 0 aromatic rings. The number of esters is 1. The molecule has 4 aliphatic rings. The number of fused-ring (bicyclic) bond motifs is 5. The number of aliphatic hydroxyl groups is 3. The summed E-state index contributed by atoms with van der Waals surface area (Å²) < 4.78 is 5.12. The highest BCUT2D eigenvalue weighted by atomic mass is 16.5. The van der Waals surface area contributed by atoms with E-state index < -0.39 is 0 Å². The molecule has 0 aromatic heterocycles. The second-order valence-electron chi connectivity index (χ2n) is 11.8. The summed E-state index contributed by atoms with van der Waals surface area (Å²) in [6.07, 6.45) is 6.62. The first kappa shape index (κ1) is 23.5. The Morgan fingerprint density at radius 2 is 1.81 bits per heavy atom. The lowest BCUT2D eigenvalue weighted by Gasteiger charge is -2.63. The van der Waals surface area contributed by atoms with E-state index in [2.05, 4.69) is 20.8 Å². The summed E-state index contributed by atoms with van der Waals surface area (Å²) >= 11 is 0. The Morgan fingerprint density at radius 1 is 1.06 bits per heavy atom. The minimum absolute atomic E-state index is 0.110. The molecule has 5 heteroatoms. The summed E-state index contributed by atoms with van der Waals surface area (Å²) in [6.45, 7) is 9.13. The SMILES string of the molecule is CCOC(=O)CC[C@H](C)[C@H]1CC[C@H]2[C@@H]3[C@H](O)C[C@@H]4C[C@H](O)CC[C@]4(C)[C@H]3C[C@H](O)[C@]12C. The van der Waals surface area contributed by atoms with Crippen LogP contribution in [-0.4, -0.2) is 46.2 Å². The summed E-state index contributed by atoms with van der Waals surface area (Å²) in [4.78, 5) is 11.9. The van der Waals surface area contributed by atoms with Gasteiger partial charge in [-0.3, -0.25) is 4.79 Å². The molecule has 31 heavy (non-hydrogen) atoms. The molecule has 0 saturated heterocycles. The second-order valence-corrected chi connectivity index (χ2v) is 11.8. The Hall–Kier alpha value is -0.650. The van der Waals surface area contributed by atoms with E-state index in [4.69, 9.17) is 4.74 Å². The van der Waals surface area contributed by atoms with Gasteiger partial charge in [-0.05, 0) is 105 Å².